The van der Waals surface area contributed by atoms with E-state index in [0.29, 0.717) is 29.1 Å². The normalized spacial score (nSPS) is 11.5. The van der Waals surface area contributed by atoms with E-state index in [-0.39, 0.29) is 0 Å². The summed E-state index contributed by atoms with van der Waals surface area (Å²) >= 11 is 0. The van der Waals surface area contributed by atoms with E-state index in [0.717, 1.165) is 55.9 Å². The van der Waals surface area contributed by atoms with Crippen molar-refractivity contribution in [2.45, 2.75) is 0 Å². The highest BCUT2D eigenvalue weighted by Gasteiger charge is 2.23. The SMILES string of the molecule is c1ccc(-c2nc3ccccc3n2-c2cc(-n3c(-c4ccccn4)nc4ccccc43)nc(-n3c(-c4ccccn4)nc4ccccc43)c2)nc1. The van der Waals surface area contributed by atoms with E-state index in [1.54, 1.807) is 18.6 Å². The van der Waals surface area contributed by atoms with Crippen LogP contribution in [0.4, 0.5) is 0 Å². The molecule has 0 unspecified atom stereocenters. The zero-order valence-electron chi connectivity index (χ0n) is 27.0. The lowest BCUT2D eigenvalue weighted by Crippen LogP contribution is -2.09. The first-order valence-corrected chi connectivity index (χ1v) is 16.5. The lowest BCUT2D eigenvalue weighted by atomic mass is 10.2. The van der Waals surface area contributed by atoms with Crippen LogP contribution in [0.1, 0.15) is 0 Å². The van der Waals surface area contributed by atoms with Crippen LogP contribution in [-0.4, -0.2) is 48.6 Å². The molecule has 10 rings (SSSR count). The highest BCUT2D eigenvalue weighted by Crippen LogP contribution is 2.34. The van der Waals surface area contributed by atoms with E-state index >= 15 is 0 Å². The first-order chi connectivity index (χ1) is 25.3. The molecule has 0 N–H and O–H groups in total. The molecule has 10 nitrogen and oxygen atoms in total. The fourth-order valence-corrected chi connectivity index (χ4v) is 6.65. The lowest BCUT2D eigenvalue weighted by Gasteiger charge is -2.17. The summed E-state index contributed by atoms with van der Waals surface area (Å²) in [5, 5.41) is 0. The molecule has 0 bridgehead atoms. The molecule has 0 fully saturated rings. The first-order valence-electron chi connectivity index (χ1n) is 16.5. The van der Waals surface area contributed by atoms with Crippen LogP contribution in [-0.2, 0) is 0 Å². The number of aromatic nitrogens is 10. The van der Waals surface area contributed by atoms with Crippen LogP contribution in [0.25, 0.3) is 85.0 Å². The molecule has 0 aliphatic rings. The van der Waals surface area contributed by atoms with E-state index in [4.69, 9.17) is 34.9 Å². The molecule has 51 heavy (non-hydrogen) atoms. The van der Waals surface area contributed by atoms with Crippen molar-refractivity contribution in [3.8, 4) is 51.9 Å². The second-order valence-corrected chi connectivity index (χ2v) is 12.0. The Bertz CT molecular complexity index is 2530. The topological polar surface area (TPSA) is 105 Å². The number of rotatable bonds is 6. The highest BCUT2D eigenvalue weighted by molar-refractivity contribution is 5.86. The molecular weight excluding hydrogens is 633 g/mol. The molecule has 0 saturated carbocycles. The van der Waals surface area contributed by atoms with Crippen LogP contribution in [0.3, 0.4) is 0 Å². The third-order valence-corrected chi connectivity index (χ3v) is 8.86. The fourth-order valence-electron chi connectivity index (χ4n) is 6.65. The molecule has 0 aliphatic carbocycles. The number of fused-ring (bicyclic) bond motifs is 3. The number of hydrogen-bond acceptors (Lipinski definition) is 7. The Hall–Kier alpha value is -7.33. The number of imidazole rings is 3. The zero-order chi connectivity index (χ0) is 33.7. The summed E-state index contributed by atoms with van der Waals surface area (Å²) in [6.07, 6.45) is 5.35. The van der Waals surface area contributed by atoms with Gasteiger partial charge < -0.3 is 0 Å². The van der Waals surface area contributed by atoms with Gasteiger partial charge in [0.25, 0.3) is 0 Å². The quantitative estimate of drug-likeness (QED) is 0.177. The van der Waals surface area contributed by atoms with E-state index in [9.17, 15) is 0 Å². The van der Waals surface area contributed by atoms with Gasteiger partial charge in [0.2, 0.25) is 0 Å². The average molecular weight is 659 g/mol. The molecule has 10 aromatic rings. The number of pyridine rings is 4. The second kappa shape index (κ2) is 11.7. The standard InChI is InChI=1S/C41H26N10/c1-4-19-34-28(13-1)45-39(31-16-7-10-22-42-31)49(34)27-25-37(50-35-20-5-2-14-29(35)46-40(50)32-17-8-11-23-43-32)48-38(26-27)51-36-21-6-3-15-30(36)47-41(51)33-18-9-12-24-44-33/h1-26H. The van der Waals surface area contributed by atoms with Gasteiger partial charge >= 0.3 is 0 Å². The van der Waals surface area contributed by atoms with Gasteiger partial charge in [-0.1, -0.05) is 54.6 Å². The molecular formula is C41H26N10. The summed E-state index contributed by atoms with van der Waals surface area (Å²) in [5.74, 6) is 3.35. The minimum absolute atomic E-state index is 0.645. The van der Waals surface area contributed by atoms with E-state index in [2.05, 4.69) is 44.0 Å². The predicted octanol–water partition coefficient (Wildman–Crippen LogP) is 8.28. The maximum atomic E-state index is 5.42. The van der Waals surface area contributed by atoms with Gasteiger partial charge in [0, 0.05) is 30.7 Å². The van der Waals surface area contributed by atoms with Crippen molar-refractivity contribution in [3.05, 3.63) is 158 Å². The van der Waals surface area contributed by atoms with Crippen molar-refractivity contribution in [2.24, 2.45) is 0 Å². The Labute approximate surface area is 291 Å². The maximum Gasteiger partial charge on any atom is 0.165 e. The van der Waals surface area contributed by atoms with Crippen LogP contribution < -0.4 is 0 Å². The van der Waals surface area contributed by atoms with Crippen molar-refractivity contribution in [3.63, 3.8) is 0 Å². The molecule has 7 aromatic heterocycles. The van der Waals surface area contributed by atoms with Crippen LogP contribution >= 0.6 is 0 Å². The zero-order valence-corrected chi connectivity index (χ0v) is 27.0. The predicted molar refractivity (Wildman–Crippen MR) is 198 cm³/mol. The second-order valence-electron chi connectivity index (χ2n) is 12.0. The Balaban J connectivity index is 1.34. The summed E-state index contributed by atoms with van der Waals surface area (Å²) in [7, 11) is 0. The Morgan fingerprint density at radius 3 is 1.08 bits per heavy atom. The van der Waals surface area contributed by atoms with Crippen LogP contribution in [0, 0.1) is 0 Å². The van der Waals surface area contributed by atoms with Gasteiger partial charge in [-0.15, -0.1) is 0 Å². The van der Waals surface area contributed by atoms with Gasteiger partial charge in [0.05, 0.1) is 38.8 Å². The van der Waals surface area contributed by atoms with E-state index in [1.807, 2.05) is 109 Å². The summed E-state index contributed by atoms with van der Waals surface area (Å²) in [6, 6.07) is 45.9. The molecule has 0 aliphatic heterocycles. The van der Waals surface area contributed by atoms with Gasteiger partial charge in [-0.05, 0) is 72.8 Å². The van der Waals surface area contributed by atoms with Crippen molar-refractivity contribution in [1.82, 2.24) is 48.6 Å². The average Bonchev–Trinajstić information content (AvgIpc) is 3.91. The van der Waals surface area contributed by atoms with Gasteiger partial charge in [0.15, 0.2) is 17.5 Å². The molecule has 0 saturated heterocycles. The molecule has 0 atom stereocenters. The monoisotopic (exact) mass is 658 g/mol. The van der Waals surface area contributed by atoms with Gasteiger partial charge in [0.1, 0.15) is 28.7 Å². The molecule has 0 radical (unpaired) electrons. The third kappa shape index (κ3) is 4.77. The molecule has 3 aromatic carbocycles. The highest BCUT2D eigenvalue weighted by atomic mass is 15.2. The van der Waals surface area contributed by atoms with E-state index in [1.165, 1.54) is 0 Å². The minimum Gasteiger partial charge on any atom is -0.291 e. The number of hydrogen-bond donors (Lipinski definition) is 0. The van der Waals surface area contributed by atoms with Crippen LogP contribution in [0.5, 0.6) is 0 Å². The largest absolute Gasteiger partial charge is 0.291 e. The third-order valence-electron chi connectivity index (χ3n) is 8.86. The van der Waals surface area contributed by atoms with E-state index < -0.39 is 0 Å². The Morgan fingerprint density at radius 2 is 0.686 bits per heavy atom. The van der Waals surface area contributed by atoms with Crippen LogP contribution in [0.2, 0.25) is 0 Å². The van der Waals surface area contributed by atoms with Gasteiger partial charge in [-0.3, -0.25) is 28.7 Å². The van der Waals surface area contributed by atoms with Crippen LogP contribution in [0.15, 0.2) is 158 Å². The number of benzene rings is 3. The molecule has 240 valence electrons. The number of nitrogens with zero attached hydrogens (tertiary/aromatic N) is 10. The Morgan fingerprint density at radius 1 is 0.333 bits per heavy atom. The summed E-state index contributed by atoms with van der Waals surface area (Å²) in [4.78, 5) is 34.8. The van der Waals surface area contributed by atoms with Crippen molar-refractivity contribution in [2.75, 3.05) is 0 Å². The smallest absolute Gasteiger partial charge is 0.165 e. The minimum atomic E-state index is 0.645. The summed E-state index contributed by atoms with van der Waals surface area (Å²) in [6.45, 7) is 0. The van der Waals surface area contributed by atoms with Crippen molar-refractivity contribution in [1.29, 1.82) is 0 Å². The number of para-hydroxylation sites is 6. The Kier molecular flexibility index (Phi) is 6.56. The van der Waals surface area contributed by atoms with Crippen molar-refractivity contribution >= 4 is 33.1 Å². The maximum absolute atomic E-state index is 5.42. The molecule has 0 spiro atoms. The summed E-state index contributed by atoms with van der Waals surface area (Å²) < 4.78 is 6.29. The van der Waals surface area contributed by atoms with Crippen molar-refractivity contribution < 1.29 is 0 Å². The lowest BCUT2D eigenvalue weighted by molar-refractivity contribution is 0.949. The molecule has 0 amide bonds. The molecule has 7 heterocycles. The first kappa shape index (κ1) is 28.7. The van der Waals surface area contributed by atoms with Gasteiger partial charge in [-0.25, -0.2) is 19.9 Å². The molecule has 10 heteroatoms. The van der Waals surface area contributed by atoms with Gasteiger partial charge in [-0.2, -0.15) is 0 Å². The summed E-state index contributed by atoms with van der Waals surface area (Å²) in [5.41, 5.74) is 8.28. The fraction of sp³-hybridized carbons (Fsp3) is 0.